The van der Waals surface area contributed by atoms with Crippen molar-refractivity contribution in [2.45, 2.75) is 58.8 Å². The quantitative estimate of drug-likeness (QED) is 0.861. The lowest BCUT2D eigenvalue weighted by Crippen LogP contribution is -2.54. The molecule has 3 rings (SSSR count). The highest BCUT2D eigenvalue weighted by molar-refractivity contribution is 5.69. The highest BCUT2D eigenvalue weighted by atomic mass is 16.6. The zero-order valence-electron chi connectivity index (χ0n) is 17.2. The Balaban J connectivity index is 1.66. The molecule has 0 radical (unpaired) electrons. The van der Waals surface area contributed by atoms with Crippen molar-refractivity contribution in [2.24, 2.45) is 0 Å². The highest BCUT2D eigenvalue weighted by Crippen LogP contribution is 2.30. The molecule has 6 heteroatoms. The number of carbonyl (C=O) groups excluding carboxylic acids is 1. The Hall–Kier alpha value is -1.95. The first kappa shape index (κ1) is 19.8. The van der Waals surface area contributed by atoms with Crippen LogP contribution in [0.4, 0.5) is 16.2 Å². The van der Waals surface area contributed by atoms with E-state index in [1.54, 1.807) is 4.90 Å². The molecule has 27 heavy (non-hydrogen) atoms. The van der Waals surface area contributed by atoms with Crippen LogP contribution in [-0.4, -0.2) is 66.6 Å². The van der Waals surface area contributed by atoms with Gasteiger partial charge in [0.15, 0.2) is 0 Å². The maximum absolute atomic E-state index is 12.3. The van der Waals surface area contributed by atoms with Gasteiger partial charge in [-0.3, -0.25) is 0 Å². The summed E-state index contributed by atoms with van der Waals surface area (Å²) in [7, 11) is 0. The summed E-state index contributed by atoms with van der Waals surface area (Å²) >= 11 is 0. The number of aryl methyl sites for hydroxylation is 1. The van der Waals surface area contributed by atoms with Gasteiger partial charge in [0.1, 0.15) is 5.60 Å². The van der Waals surface area contributed by atoms with Crippen LogP contribution in [0.5, 0.6) is 0 Å². The third-order valence-corrected chi connectivity index (χ3v) is 5.30. The summed E-state index contributed by atoms with van der Waals surface area (Å²) in [5, 5.41) is 9.79. The summed E-state index contributed by atoms with van der Waals surface area (Å²) in [6.45, 7) is 13.7. The molecule has 1 aromatic rings. The van der Waals surface area contributed by atoms with Gasteiger partial charge in [-0.1, -0.05) is 0 Å². The van der Waals surface area contributed by atoms with E-state index < -0.39 is 5.60 Å². The van der Waals surface area contributed by atoms with E-state index in [1.807, 2.05) is 20.8 Å². The second-order valence-corrected chi connectivity index (χ2v) is 8.83. The fraction of sp³-hybridized carbons (Fsp3) is 0.667. The van der Waals surface area contributed by atoms with E-state index in [2.05, 4.69) is 41.8 Å². The molecule has 0 saturated carbocycles. The fourth-order valence-corrected chi connectivity index (χ4v) is 3.97. The molecule has 0 unspecified atom stereocenters. The number of carbonyl (C=O) groups is 1. The number of ether oxygens (including phenoxy) is 1. The second-order valence-electron chi connectivity index (χ2n) is 8.83. The van der Waals surface area contributed by atoms with Crippen molar-refractivity contribution in [3.63, 3.8) is 0 Å². The van der Waals surface area contributed by atoms with Gasteiger partial charge in [0, 0.05) is 50.1 Å². The molecule has 0 aromatic heterocycles. The molecule has 0 bridgehead atoms. The van der Waals surface area contributed by atoms with Crippen molar-refractivity contribution in [3.05, 3.63) is 23.8 Å². The van der Waals surface area contributed by atoms with Gasteiger partial charge in [-0.2, -0.15) is 0 Å². The summed E-state index contributed by atoms with van der Waals surface area (Å²) in [4.78, 5) is 18.8. The minimum Gasteiger partial charge on any atom is -0.444 e. The molecule has 2 atom stereocenters. The SMILES string of the molecule is Cc1cc(N2CCN(C(=O)OC(C)(C)C)C[C@@H]2C)ccc1N1CC[C@H](O)C1. The Kier molecular flexibility index (Phi) is 5.56. The predicted molar refractivity (Wildman–Crippen MR) is 109 cm³/mol. The van der Waals surface area contributed by atoms with Crippen LogP contribution in [-0.2, 0) is 4.74 Å². The maximum Gasteiger partial charge on any atom is 0.410 e. The average molecular weight is 376 g/mol. The average Bonchev–Trinajstić information content (AvgIpc) is 2.99. The van der Waals surface area contributed by atoms with Crippen molar-refractivity contribution in [3.8, 4) is 0 Å². The number of amides is 1. The monoisotopic (exact) mass is 375 g/mol. The van der Waals surface area contributed by atoms with E-state index in [0.717, 1.165) is 19.5 Å². The normalized spacial score (nSPS) is 23.7. The lowest BCUT2D eigenvalue weighted by molar-refractivity contribution is 0.0219. The molecule has 2 fully saturated rings. The summed E-state index contributed by atoms with van der Waals surface area (Å²) in [5.74, 6) is 0. The molecule has 1 amide bonds. The minimum absolute atomic E-state index is 0.218. The van der Waals surface area contributed by atoms with Gasteiger partial charge in [-0.05, 0) is 64.8 Å². The van der Waals surface area contributed by atoms with E-state index in [-0.39, 0.29) is 18.2 Å². The third-order valence-electron chi connectivity index (χ3n) is 5.30. The minimum atomic E-state index is -0.465. The van der Waals surface area contributed by atoms with Crippen LogP contribution in [0.1, 0.15) is 39.7 Å². The lowest BCUT2D eigenvalue weighted by atomic mass is 10.1. The van der Waals surface area contributed by atoms with Crippen LogP contribution in [0.3, 0.4) is 0 Å². The number of benzene rings is 1. The molecule has 1 aromatic carbocycles. The van der Waals surface area contributed by atoms with Gasteiger partial charge in [0.2, 0.25) is 0 Å². The standard InChI is InChI=1S/C21H33N3O3/c1-15-12-17(6-7-19(15)22-9-8-18(25)14-22)24-11-10-23(13-16(24)2)20(26)27-21(3,4)5/h6-7,12,16,18,25H,8-11,13-14H2,1-5H3/t16-,18-/m0/s1. The molecular weight excluding hydrogens is 342 g/mol. The smallest absolute Gasteiger partial charge is 0.410 e. The first-order valence-corrected chi connectivity index (χ1v) is 9.92. The molecule has 150 valence electrons. The molecule has 0 spiro atoms. The predicted octanol–water partition coefficient (Wildman–Crippen LogP) is 3.01. The Labute approximate surface area is 162 Å². The molecule has 0 aliphatic carbocycles. The number of hydrogen-bond acceptors (Lipinski definition) is 5. The number of β-amino-alcohol motifs (C(OH)–C–C–N with tert-alkyl or cyclic N) is 1. The number of aliphatic hydroxyl groups excluding tert-OH is 1. The summed E-state index contributed by atoms with van der Waals surface area (Å²) in [6, 6.07) is 6.77. The van der Waals surface area contributed by atoms with Crippen molar-refractivity contribution in [1.82, 2.24) is 4.90 Å². The van der Waals surface area contributed by atoms with Crippen LogP contribution in [0.25, 0.3) is 0 Å². The Morgan fingerprint density at radius 3 is 2.48 bits per heavy atom. The van der Waals surface area contributed by atoms with Crippen molar-refractivity contribution >= 4 is 17.5 Å². The van der Waals surface area contributed by atoms with Crippen molar-refractivity contribution in [2.75, 3.05) is 42.5 Å². The van der Waals surface area contributed by atoms with Crippen LogP contribution in [0.2, 0.25) is 0 Å². The zero-order valence-corrected chi connectivity index (χ0v) is 17.2. The van der Waals surface area contributed by atoms with Crippen LogP contribution >= 0.6 is 0 Å². The fourth-order valence-electron chi connectivity index (χ4n) is 3.97. The van der Waals surface area contributed by atoms with Crippen LogP contribution in [0.15, 0.2) is 18.2 Å². The Morgan fingerprint density at radius 1 is 1.19 bits per heavy atom. The van der Waals surface area contributed by atoms with Gasteiger partial charge in [0.05, 0.1) is 6.10 Å². The molecule has 2 saturated heterocycles. The Bertz CT molecular complexity index is 686. The number of hydrogen-bond donors (Lipinski definition) is 1. The molecule has 1 N–H and O–H groups in total. The van der Waals surface area contributed by atoms with E-state index in [9.17, 15) is 9.90 Å². The molecule has 2 heterocycles. The third kappa shape index (κ3) is 4.67. The van der Waals surface area contributed by atoms with Gasteiger partial charge in [0.25, 0.3) is 0 Å². The van der Waals surface area contributed by atoms with Crippen molar-refractivity contribution in [1.29, 1.82) is 0 Å². The topological polar surface area (TPSA) is 56.2 Å². The van der Waals surface area contributed by atoms with Crippen LogP contribution < -0.4 is 9.80 Å². The maximum atomic E-state index is 12.3. The number of aliphatic hydroxyl groups is 1. The summed E-state index contributed by atoms with van der Waals surface area (Å²) < 4.78 is 5.51. The molecule has 6 nitrogen and oxygen atoms in total. The summed E-state index contributed by atoms with van der Waals surface area (Å²) in [5.41, 5.74) is 3.15. The van der Waals surface area contributed by atoms with Crippen LogP contribution in [0, 0.1) is 6.92 Å². The number of rotatable bonds is 2. The van der Waals surface area contributed by atoms with Gasteiger partial charge >= 0.3 is 6.09 Å². The summed E-state index contributed by atoms with van der Waals surface area (Å²) in [6.07, 6.45) is 0.392. The Morgan fingerprint density at radius 2 is 1.93 bits per heavy atom. The highest BCUT2D eigenvalue weighted by Gasteiger charge is 2.30. The number of anilines is 2. The number of piperazine rings is 1. The first-order chi connectivity index (χ1) is 12.6. The van der Waals surface area contributed by atoms with E-state index in [4.69, 9.17) is 4.74 Å². The molecular formula is C21H33N3O3. The molecule has 2 aliphatic rings. The van der Waals surface area contributed by atoms with Gasteiger partial charge < -0.3 is 24.5 Å². The lowest BCUT2D eigenvalue weighted by Gasteiger charge is -2.41. The van der Waals surface area contributed by atoms with E-state index in [0.29, 0.717) is 19.6 Å². The van der Waals surface area contributed by atoms with E-state index >= 15 is 0 Å². The van der Waals surface area contributed by atoms with Gasteiger partial charge in [-0.15, -0.1) is 0 Å². The van der Waals surface area contributed by atoms with Gasteiger partial charge in [-0.25, -0.2) is 4.79 Å². The largest absolute Gasteiger partial charge is 0.444 e. The first-order valence-electron chi connectivity index (χ1n) is 9.92. The van der Waals surface area contributed by atoms with E-state index in [1.165, 1.54) is 16.9 Å². The zero-order chi connectivity index (χ0) is 19.8. The molecule has 2 aliphatic heterocycles. The number of nitrogens with zero attached hydrogens (tertiary/aromatic N) is 3. The van der Waals surface area contributed by atoms with Crippen molar-refractivity contribution < 1.29 is 14.6 Å². The second kappa shape index (κ2) is 7.58.